The van der Waals surface area contributed by atoms with Gasteiger partial charge in [0.05, 0.1) is 12.7 Å². The molecular formula is C22H28N4O2. The summed E-state index contributed by atoms with van der Waals surface area (Å²) in [5.41, 5.74) is 2.10. The molecule has 1 unspecified atom stereocenters. The summed E-state index contributed by atoms with van der Waals surface area (Å²) in [4.78, 5) is 26.0. The number of likely N-dealkylation sites (tertiary alicyclic amines) is 2. The van der Waals surface area contributed by atoms with Gasteiger partial charge < -0.3 is 9.64 Å². The van der Waals surface area contributed by atoms with Gasteiger partial charge in [-0.1, -0.05) is 6.07 Å². The molecular weight excluding hydrogens is 352 g/mol. The lowest BCUT2D eigenvalue weighted by Crippen LogP contribution is -2.53. The lowest BCUT2D eigenvalue weighted by Gasteiger charge is -2.48. The molecule has 1 amide bonds. The highest BCUT2D eigenvalue weighted by Crippen LogP contribution is 2.39. The van der Waals surface area contributed by atoms with Gasteiger partial charge in [-0.3, -0.25) is 14.7 Å². The maximum Gasteiger partial charge on any atom is 0.255 e. The average Bonchev–Trinajstić information content (AvgIpc) is 2.74. The van der Waals surface area contributed by atoms with E-state index in [-0.39, 0.29) is 11.3 Å². The van der Waals surface area contributed by atoms with Crippen LogP contribution < -0.4 is 4.74 Å². The van der Waals surface area contributed by atoms with Crippen LogP contribution in [0.4, 0.5) is 0 Å². The molecule has 0 saturated carbocycles. The van der Waals surface area contributed by atoms with Gasteiger partial charge in [-0.05, 0) is 49.9 Å². The summed E-state index contributed by atoms with van der Waals surface area (Å²) in [7, 11) is 1.58. The van der Waals surface area contributed by atoms with Gasteiger partial charge in [-0.25, -0.2) is 4.98 Å². The molecule has 6 nitrogen and oxygen atoms in total. The zero-order valence-corrected chi connectivity index (χ0v) is 16.5. The van der Waals surface area contributed by atoms with Gasteiger partial charge in [0.25, 0.3) is 5.91 Å². The Morgan fingerprint density at radius 3 is 2.71 bits per heavy atom. The maximum atomic E-state index is 13.0. The number of carbonyl (C=O) groups excluding carboxylic acids is 1. The molecule has 0 aliphatic carbocycles. The molecule has 4 rings (SSSR count). The fraction of sp³-hybridized carbons (Fsp3) is 0.500. The number of hydrogen-bond acceptors (Lipinski definition) is 5. The molecule has 1 atom stereocenters. The first-order chi connectivity index (χ1) is 13.7. The number of amides is 1. The standard InChI is InChI=1S/C22H28N4O2/c1-28-20-7-6-19(14-24-20)21(27)26-12-4-9-22(17-26)8-3-11-25(16-22)15-18-5-2-10-23-13-18/h2,5-7,10,13-14H,3-4,8-9,11-12,15-17H2,1H3. The molecule has 2 aliphatic heterocycles. The molecule has 2 aromatic rings. The minimum Gasteiger partial charge on any atom is -0.481 e. The second kappa shape index (κ2) is 8.27. The zero-order chi connectivity index (χ0) is 19.4. The Labute approximate surface area is 166 Å². The SMILES string of the molecule is COc1ccc(C(=O)N2CCCC3(CCCN(Cc4cccnc4)C3)C2)cn1. The second-order valence-corrected chi connectivity index (χ2v) is 8.09. The summed E-state index contributed by atoms with van der Waals surface area (Å²) in [6.45, 7) is 4.77. The Kier molecular flexibility index (Phi) is 5.57. The Balaban J connectivity index is 1.43. The van der Waals surface area contributed by atoms with Crippen molar-refractivity contribution < 1.29 is 9.53 Å². The summed E-state index contributed by atoms with van der Waals surface area (Å²) in [5, 5.41) is 0. The number of hydrogen-bond donors (Lipinski definition) is 0. The first kappa shape index (κ1) is 18.9. The van der Waals surface area contributed by atoms with Crippen LogP contribution in [0, 0.1) is 5.41 Å². The number of piperidine rings is 2. The number of nitrogens with zero attached hydrogens (tertiary/aromatic N) is 4. The smallest absolute Gasteiger partial charge is 0.255 e. The number of aromatic nitrogens is 2. The molecule has 4 heterocycles. The Hall–Kier alpha value is -2.47. The van der Waals surface area contributed by atoms with Crippen molar-refractivity contribution >= 4 is 5.91 Å². The summed E-state index contributed by atoms with van der Waals surface area (Å²) < 4.78 is 5.10. The molecule has 0 N–H and O–H groups in total. The highest BCUT2D eigenvalue weighted by molar-refractivity contribution is 5.94. The second-order valence-electron chi connectivity index (χ2n) is 8.09. The Morgan fingerprint density at radius 1 is 1.14 bits per heavy atom. The Morgan fingerprint density at radius 2 is 2.00 bits per heavy atom. The molecule has 1 spiro atoms. The van der Waals surface area contributed by atoms with E-state index in [1.165, 1.54) is 24.8 Å². The first-order valence-electron chi connectivity index (χ1n) is 10.1. The van der Waals surface area contributed by atoms with Gasteiger partial charge in [0.1, 0.15) is 0 Å². The van der Waals surface area contributed by atoms with Crippen molar-refractivity contribution in [3.63, 3.8) is 0 Å². The van der Waals surface area contributed by atoms with Crippen LogP contribution in [0.25, 0.3) is 0 Å². The van der Waals surface area contributed by atoms with Crippen molar-refractivity contribution in [2.75, 3.05) is 33.3 Å². The van der Waals surface area contributed by atoms with E-state index in [1.807, 2.05) is 29.4 Å². The summed E-state index contributed by atoms with van der Waals surface area (Å²) in [6, 6.07) is 7.70. The maximum absolute atomic E-state index is 13.0. The third-order valence-corrected chi connectivity index (χ3v) is 6.01. The molecule has 2 aliphatic rings. The minimum absolute atomic E-state index is 0.0820. The lowest BCUT2D eigenvalue weighted by molar-refractivity contribution is 0.0113. The van der Waals surface area contributed by atoms with Crippen molar-refractivity contribution in [3.8, 4) is 5.88 Å². The number of ether oxygens (including phenoxy) is 1. The minimum atomic E-state index is 0.0820. The Bertz CT molecular complexity index is 792. The van der Waals surface area contributed by atoms with Crippen molar-refractivity contribution in [1.82, 2.24) is 19.8 Å². The van der Waals surface area contributed by atoms with Crippen LogP contribution in [0.1, 0.15) is 41.6 Å². The van der Waals surface area contributed by atoms with Crippen LogP contribution in [-0.4, -0.2) is 59.0 Å². The summed E-state index contributed by atoms with van der Waals surface area (Å²) in [6.07, 6.45) is 10.0. The van der Waals surface area contributed by atoms with Gasteiger partial charge in [-0.2, -0.15) is 0 Å². The van der Waals surface area contributed by atoms with Crippen LogP contribution >= 0.6 is 0 Å². The van der Waals surface area contributed by atoms with E-state index < -0.39 is 0 Å². The molecule has 0 aromatic carbocycles. The number of pyridine rings is 2. The molecule has 2 fully saturated rings. The third-order valence-electron chi connectivity index (χ3n) is 6.01. The van der Waals surface area contributed by atoms with Crippen LogP contribution in [0.5, 0.6) is 5.88 Å². The topological polar surface area (TPSA) is 58.6 Å². The van der Waals surface area contributed by atoms with Gasteiger partial charge >= 0.3 is 0 Å². The van der Waals surface area contributed by atoms with E-state index in [2.05, 4.69) is 20.9 Å². The predicted octanol–water partition coefficient (Wildman–Crippen LogP) is 3.00. The highest BCUT2D eigenvalue weighted by atomic mass is 16.5. The van der Waals surface area contributed by atoms with Gasteiger partial charge in [0.15, 0.2) is 0 Å². The normalized spacial score (nSPS) is 23.0. The van der Waals surface area contributed by atoms with E-state index >= 15 is 0 Å². The van der Waals surface area contributed by atoms with Crippen molar-refractivity contribution in [2.45, 2.75) is 32.2 Å². The fourth-order valence-electron chi connectivity index (χ4n) is 4.72. The van der Waals surface area contributed by atoms with E-state index in [9.17, 15) is 4.79 Å². The van der Waals surface area contributed by atoms with Crippen LogP contribution in [0.3, 0.4) is 0 Å². The molecule has 148 valence electrons. The van der Waals surface area contributed by atoms with Crippen molar-refractivity contribution in [3.05, 3.63) is 54.0 Å². The van der Waals surface area contributed by atoms with Gasteiger partial charge in [0, 0.05) is 56.3 Å². The molecule has 28 heavy (non-hydrogen) atoms. The van der Waals surface area contributed by atoms with E-state index in [4.69, 9.17) is 4.74 Å². The monoisotopic (exact) mass is 380 g/mol. The quantitative estimate of drug-likeness (QED) is 0.816. The lowest BCUT2D eigenvalue weighted by atomic mass is 9.73. The predicted molar refractivity (Wildman–Crippen MR) is 107 cm³/mol. The first-order valence-corrected chi connectivity index (χ1v) is 10.1. The van der Waals surface area contributed by atoms with Gasteiger partial charge in [-0.15, -0.1) is 0 Å². The van der Waals surface area contributed by atoms with Crippen molar-refractivity contribution in [2.24, 2.45) is 5.41 Å². The summed E-state index contributed by atoms with van der Waals surface area (Å²) in [5.74, 6) is 0.614. The average molecular weight is 380 g/mol. The molecule has 2 saturated heterocycles. The molecule has 0 bridgehead atoms. The van der Waals surface area contributed by atoms with Gasteiger partial charge in [0.2, 0.25) is 5.88 Å². The van der Waals surface area contributed by atoms with Crippen LogP contribution in [0.15, 0.2) is 42.9 Å². The van der Waals surface area contributed by atoms with Crippen LogP contribution in [-0.2, 0) is 6.54 Å². The fourth-order valence-corrected chi connectivity index (χ4v) is 4.72. The summed E-state index contributed by atoms with van der Waals surface area (Å²) >= 11 is 0. The molecule has 6 heteroatoms. The number of carbonyl (C=O) groups is 1. The van der Waals surface area contributed by atoms with E-state index in [0.717, 1.165) is 39.1 Å². The number of methoxy groups -OCH3 is 1. The van der Waals surface area contributed by atoms with E-state index in [1.54, 1.807) is 19.4 Å². The largest absolute Gasteiger partial charge is 0.481 e. The van der Waals surface area contributed by atoms with E-state index in [0.29, 0.717) is 11.4 Å². The molecule has 2 aromatic heterocycles. The molecule has 0 radical (unpaired) electrons. The number of rotatable bonds is 4. The zero-order valence-electron chi connectivity index (χ0n) is 16.5. The highest BCUT2D eigenvalue weighted by Gasteiger charge is 2.40. The van der Waals surface area contributed by atoms with Crippen LogP contribution in [0.2, 0.25) is 0 Å². The van der Waals surface area contributed by atoms with Crippen molar-refractivity contribution in [1.29, 1.82) is 0 Å². The third kappa shape index (κ3) is 4.17.